The summed E-state index contributed by atoms with van der Waals surface area (Å²) < 4.78 is 9.75. The summed E-state index contributed by atoms with van der Waals surface area (Å²) in [4.78, 5) is 16.6. The molecule has 112 valence electrons. The van der Waals surface area contributed by atoms with Crippen LogP contribution in [0.5, 0.6) is 0 Å². The molecule has 0 saturated heterocycles. The minimum Gasteiger partial charge on any atom is -0.503 e. The summed E-state index contributed by atoms with van der Waals surface area (Å²) in [5, 5.41) is 3.80. The van der Waals surface area contributed by atoms with E-state index in [0.717, 1.165) is 5.56 Å². The summed E-state index contributed by atoms with van der Waals surface area (Å²) in [6.07, 6.45) is 5.01. The number of esters is 1. The molecule has 5 nitrogen and oxygen atoms in total. The zero-order valence-corrected chi connectivity index (χ0v) is 12.6. The van der Waals surface area contributed by atoms with Crippen molar-refractivity contribution in [2.45, 2.75) is 6.92 Å². The molecule has 0 unspecified atom stereocenters. The number of benzene rings is 1. The highest BCUT2D eigenvalue weighted by atomic mass is 16.6. The summed E-state index contributed by atoms with van der Waals surface area (Å²) in [5.41, 5.74) is 2.62. The van der Waals surface area contributed by atoms with E-state index in [1.807, 2.05) is 37.3 Å². The molecule has 0 aliphatic rings. The Morgan fingerprint density at radius 1 is 1.19 bits per heavy atom. The summed E-state index contributed by atoms with van der Waals surface area (Å²) in [6, 6.07) is 7.44. The van der Waals surface area contributed by atoms with E-state index in [1.165, 1.54) is 27.6 Å². The second-order valence-electron chi connectivity index (χ2n) is 4.09. The quantitative estimate of drug-likeness (QED) is 0.266. The van der Waals surface area contributed by atoms with Gasteiger partial charge in [0.05, 0.1) is 26.2 Å². The number of carbonyl (C=O) groups excluding carboxylic acids is 1. The van der Waals surface area contributed by atoms with Crippen LogP contribution in [-0.4, -0.2) is 33.0 Å². The minimum absolute atomic E-state index is 0.349. The average molecular weight is 289 g/mol. The van der Waals surface area contributed by atoms with Crippen LogP contribution >= 0.6 is 0 Å². The van der Waals surface area contributed by atoms with Gasteiger partial charge >= 0.3 is 5.97 Å². The van der Waals surface area contributed by atoms with Gasteiger partial charge in [0.1, 0.15) is 12.7 Å². The predicted octanol–water partition coefficient (Wildman–Crippen LogP) is 2.88. The Kier molecular flexibility index (Phi) is 6.74. The first-order chi connectivity index (χ1) is 10.1. The first-order valence-corrected chi connectivity index (χ1v) is 6.30. The Hall–Kier alpha value is -2.56. The third kappa shape index (κ3) is 4.80. The fourth-order valence-corrected chi connectivity index (χ4v) is 1.72. The van der Waals surface area contributed by atoms with Gasteiger partial charge < -0.3 is 14.3 Å². The van der Waals surface area contributed by atoms with Crippen molar-refractivity contribution in [2.24, 2.45) is 5.16 Å². The van der Waals surface area contributed by atoms with Crippen molar-refractivity contribution in [3.8, 4) is 0 Å². The lowest BCUT2D eigenvalue weighted by Gasteiger charge is -2.08. The second kappa shape index (κ2) is 8.58. The van der Waals surface area contributed by atoms with Crippen LogP contribution in [0, 0.1) is 0 Å². The lowest BCUT2D eigenvalue weighted by Crippen LogP contribution is -2.05. The van der Waals surface area contributed by atoms with Gasteiger partial charge in [-0.2, -0.15) is 0 Å². The van der Waals surface area contributed by atoms with Gasteiger partial charge in [-0.3, -0.25) is 0 Å². The van der Waals surface area contributed by atoms with Crippen LogP contribution in [-0.2, 0) is 19.1 Å². The number of methoxy groups -OCH3 is 2. The zero-order valence-electron chi connectivity index (χ0n) is 12.6. The van der Waals surface area contributed by atoms with Gasteiger partial charge in [-0.05, 0) is 24.1 Å². The number of hydrogen-bond acceptors (Lipinski definition) is 5. The van der Waals surface area contributed by atoms with E-state index in [9.17, 15) is 4.79 Å². The number of allylic oxidation sites excluding steroid dienone is 1. The molecule has 0 bridgehead atoms. The average Bonchev–Trinajstić information content (AvgIpc) is 2.50. The molecule has 21 heavy (non-hydrogen) atoms. The first-order valence-electron chi connectivity index (χ1n) is 6.30. The highest BCUT2D eigenvalue weighted by Gasteiger charge is 2.15. The molecule has 0 spiro atoms. The summed E-state index contributed by atoms with van der Waals surface area (Å²) in [7, 11) is 4.30. The molecule has 1 aromatic carbocycles. The van der Waals surface area contributed by atoms with Crippen LogP contribution < -0.4 is 0 Å². The van der Waals surface area contributed by atoms with Crippen LogP contribution in [0.2, 0.25) is 0 Å². The molecule has 0 aliphatic heterocycles. The van der Waals surface area contributed by atoms with Gasteiger partial charge in [-0.15, -0.1) is 0 Å². The van der Waals surface area contributed by atoms with E-state index in [1.54, 1.807) is 6.08 Å². The molecular weight excluding hydrogens is 270 g/mol. The molecule has 0 heterocycles. The number of hydrogen-bond donors (Lipinski definition) is 0. The number of nitrogens with zero attached hydrogens (tertiary/aromatic N) is 1. The molecule has 1 aromatic rings. The third-order valence-electron chi connectivity index (χ3n) is 2.63. The molecular formula is C16H19NO4. The SMILES string of the molecule is CO/C=C(/C(=O)OC)c1ccccc1C=C/C(C)=N/OC. The summed E-state index contributed by atoms with van der Waals surface area (Å²) >= 11 is 0. The molecule has 0 atom stereocenters. The van der Waals surface area contributed by atoms with Crippen molar-refractivity contribution in [3.63, 3.8) is 0 Å². The molecule has 0 aromatic heterocycles. The Bertz CT molecular complexity index is 573. The van der Waals surface area contributed by atoms with Crippen molar-refractivity contribution in [1.82, 2.24) is 0 Å². The summed E-state index contributed by atoms with van der Waals surface area (Å²) in [6.45, 7) is 1.81. The van der Waals surface area contributed by atoms with Crippen molar-refractivity contribution in [3.05, 3.63) is 47.7 Å². The molecule has 0 fully saturated rings. The van der Waals surface area contributed by atoms with Crippen LogP contribution in [0.25, 0.3) is 11.6 Å². The van der Waals surface area contributed by atoms with E-state index >= 15 is 0 Å². The highest BCUT2D eigenvalue weighted by molar-refractivity contribution is 6.17. The van der Waals surface area contributed by atoms with Crippen molar-refractivity contribution in [1.29, 1.82) is 0 Å². The molecule has 0 aliphatic carbocycles. The fourth-order valence-electron chi connectivity index (χ4n) is 1.72. The Balaban J connectivity index is 3.22. The van der Waals surface area contributed by atoms with Gasteiger partial charge in [0.15, 0.2) is 0 Å². The van der Waals surface area contributed by atoms with Gasteiger partial charge in [-0.25, -0.2) is 4.79 Å². The normalized spacial score (nSPS) is 12.4. The van der Waals surface area contributed by atoms with E-state index in [2.05, 4.69) is 5.16 Å². The highest BCUT2D eigenvalue weighted by Crippen LogP contribution is 2.22. The standard InChI is InChI=1S/C16H19NO4/c1-12(17-21-4)9-10-13-7-5-6-8-14(13)15(11-19-2)16(18)20-3/h5-11H,1-4H3/b10-9?,15-11+,17-12+. The number of ether oxygens (including phenoxy) is 2. The predicted molar refractivity (Wildman–Crippen MR) is 82.6 cm³/mol. The van der Waals surface area contributed by atoms with E-state index < -0.39 is 5.97 Å². The molecule has 0 saturated carbocycles. The smallest absolute Gasteiger partial charge is 0.341 e. The molecule has 0 N–H and O–H groups in total. The maximum atomic E-state index is 11.9. The minimum atomic E-state index is -0.458. The van der Waals surface area contributed by atoms with Gasteiger partial charge in [0, 0.05) is 0 Å². The second-order valence-corrected chi connectivity index (χ2v) is 4.09. The van der Waals surface area contributed by atoms with Crippen molar-refractivity contribution < 1.29 is 19.1 Å². The molecule has 5 heteroatoms. The topological polar surface area (TPSA) is 57.1 Å². The molecule has 0 amide bonds. The Morgan fingerprint density at radius 2 is 1.90 bits per heavy atom. The Labute approximate surface area is 124 Å². The zero-order chi connectivity index (χ0) is 15.7. The molecule has 1 rings (SSSR count). The maximum Gasteiger partial charge on any atom is 0.341 e. The fraction of sp³-hybridized carbons (Fsp3) is 0.250. The van der Waals surface area contributed by atoms with Crippen molar-refractivity contribution >= 4 is 23.3 Å². The van der Waals surface area contributed by atoms with E-state index in [-0.39, 0.29) is 0 Å². The monoisotopic (exact) mass is 289 g/mol. The molecule has 0 radical (unpaired) electrons. The largest absolute Gasteiger partial charge is 0.503 e. The van der Waals surface area contributed by atoms with Gasteiger partial charge in [0.2, 0.25) is 0 Å². The number of carbonyl (C=O) groups is 1. The lowest BCUT2D eigenvalue weighted by atomic mass is 10.00. The van der Waals surface area contributed by atoms with Crippen LogP contribution in [0.15, 0.2) is 41.8 Å². The number of rotatable bonds is 6. The van der Waals surface area contributed by atoms with E-state index in [0.29, 0.717) is 16.8 Å². The van der Waals surface area contributed by atoms with Gasteiger partial charge in [0.25, 0.3) is 0 Å². The number of oxime groups is 1. The van der Waals surface area contributed by atoms with Crippen LogP contribution in [0.1, 0.15) is 18.1 Å². The van der Waals surface area contributed by atoms with Gasteiger partial charge in [-0.1, -0.05) is 35.5 Å². The van der Waals surface area contributed by atoms with Crippen LogP contribution in [0.3, 0.4) is 0 Å². The van der Waals surface area contributed by atoms with Crippen LogP contribution in [0.4, 0.5) is 0 Å². The third-order valence-corrected chi connectivity index (χ3v) is 2.63. The lowest BCUT2D eigenvalue weighted by molar-refractivity contribution is -0.133. The van der Waals surface area contributed by atoms with Crippen molar-refractivity contribution in [2.75, 3.05) is 21.3 Å². The summed E-state index contributed by atoms with van der Waals surface area (Å²) in [5.74, 6) is -0.458. The maximum absolute atomic E-state index is 11.9. The van der Waals surface area contributed by atoms with E-state index in [4.69, 9.17) is 14.3 Å². The first kappa shape index (κ1) is 16.5. The Morgan fingerprint density at radius 3 is 2.52 bits per heavy atom.